The summed E-state index contributed by atoms with van der Waals surface area (Å²) in [6.45, 7) is 5.24. The molecule has 0 aliphatic heterocycles. The van der Waals surface area contributed by atoms with E-state index in [0.29, 0.717) is 17.0 Å². The molecule has 0 aromatic heterocycles. The Labute approximate surface area is 111 Å². The molecule has 0 aromatic carbocycles. The van der Waals surface area contributed by atoms with Gasteiger partial charge in [-0.05, 0) is 26.8 Å². The van der Waals surface area contributed by atoms with Crippen LogP contribution in [0.5, 0.6) is 0 Å². The van der Waals surface area contributed by atoms with E-state index < -0.39 is 17.7 Å². The van der Waals surface area contributed by atoms with Crippen molar-refractivity contribution in [1.29, 1.82) is 0 Å². The number of hydrogen-bond acceptors (Lipinski definition) is 4. The normalized spacial score (nSPS) is 15.6. The van der Waals surface area contributed by atoms with Gasteiger partial charge in [0.05, 0.1) is 5.57 Å². The third kappa shape index (κ3) is 4.29. The summed E-state index contributed by atoms with van der Waals surface area (Å²) < 4.78 is 5.06. The average molecular weight is 269 g/mol. The lowest BCUT2D eigenvalue weighted by Crippen LogP contribution is -2.32. The predicted octanol–water partition coefficient (Wildman–Crippen LogP) is 2.18. The van der Waals surface area contributed by atoms with Gasteiger partial charge in [-0.1, -0.05) is 18.3 Å². The number of allylic oxidation sites excluding steroid dienone is 2. The maximum Gasteiger partial charge on any atom is 0.412 e. The first kappa shape index (κ1) is 14.4. The van der Waals surface area contributed by atoms with Crippen LogP contribution in [0.2, 0.25) is 0 Å². The van der Waals surface area contributed by atoms with Crippen molar-refractivity contribution in [3.63, 3.8) is 0 Å². The second-order valence-corrected chi connectivity index (χ2v) is 5.27. The highest BCUT2D eigenvalue weighted by atomic mass is 32.1. The second kappa shape index (κ2) is 5.30. The molecule has 0 atom stereocenters. The van der Waals surface area contributed by atoms with E-state index in [-0.39, 0.29) is 5.57 Å². The lowest BCUT2D eigenvalue weighted by atomic mass is 10.0. The summed E-state index contributed by atoms with van der Waals surface area (Å²) >= 11 is 4.92. The highest BCUT2D eigenvalue weighted by Gasteiger charge is 2.20. The van der Waals surface area contributed by atoms with Crippen LogP contribution in [0.3, 0.4) is 0 Å². The zero-order valence-corrected chi connectivity index (χ0v) is 11.3. The van der Waals surface area contributed by atoms with E-state index in [9.17, 15) is 9.59 Å². The minimum absolute atomic E-state index is 0.0264. The van der Waals surface area contributed by atoms with Gasteiger partial charge in [0.25, 0.3) is 0 Å². The molecule has 0 saturated heterocycles. The Morgan fingerprint density at radius 3 is 2.56 bits per heavy atom. The molecule has 1 amide bonds. The molecule has 6 heteroatoms. The Balaban J connectivity index is 2.72. The fourth-order valence-corrected chi connectivity index (χ4v) is 1.53. The minimum atomic E-state index is -1.10. The highest BCUT2D eigenvalue weighted by Crippen LogP contribution is 2.15. The average Bonchev–Trinajstić information content (AvgIpc) is 2.17. The Bertz CT molecular complexity index is 457. The lowest BCUT2D eigenvalue weighted by Gasteiger charge is -2.20. The number of aliphatic carboxylic acids is 1. The van der Waals surface area contributed by atoms with E-state index in [2.05, 4.69) is 5.32 Å². The van der Waals surface area contributed by atoms with Gasteiger partial charge in [-0.2, -0.15) is 0 Å². The van der Waals surface area contributed by atoms with Crippen LogP contribution in [0.25, 0.3) is 0 Å². The molecule has 0 aromatic rings. The van der Waals surface area contributed by atoms with Crippen molar-refractivity contribution in [1.82, 2.24) is 5.32 Å². The van der Waals surface area contributed by atoms with Crippen LogP contribution in [0.1, 0.15) is 27.2 Å². The molecule has 0 heterocycles. The smallest absolute Gasteiger partial charge is 0.412 e. The molecular formula is C12H15NO4S. The van der Waals surface area contributed by atoms with Crippen molar-refractivity contribution in [2.24, 2.45) is 0 Å². The molecule has 0 spiro atoms. The van der Waals surface area contributed by atoms with Crippen LogP contribution < -0.4 is 5.32 Å². The molecule has 1 aliphatic rings. The number of thiocarbonyl (C=S) groups is 1. The van der Waals surface area contributed by atoms with Crippen molar-refractivity contribution in [2.45, 2.75) is 32.8 Å². The molecule has 5 nitrogen and oxygen atoms in total. The van der Waals surface area contributed by atoms with Crippen LogP contribution in [-0.2, 0) is 9.53 Å². The number of nitrogens with one attached hydrogen (secondary N) is 1. The van der Waals surface area contributed by atoms with E-state index >= 15 is 0 Å². The number of carbonyl (C=O) groups is 2. The van der Waals surface area contributed by atoms with Gasteiger partial charge in [-0.25, -0.2) is 9.59 Å². The fourth-order valence-electron chi connectivity index (χ4n) is 1.30. The van der Waals surface area contributed by atoms with Crippen LogP contribution >= 0.6 is 12.2 Å². The van der Waals surface area contributed by atoms with E-state index in [1.54, 1.807) is 26.8 Å². The second-order valence-electron chi connectivity index (χ2n) is 4.78. The number of amides is 1. The van der Waals surface area contributed by atoms with E-state index in [1.807, 2.05) is 0 Å². The first-order valence-electron chi connectivity index (χ1n) is 5.37. The molecule has 0 saturated carbocycles. The minimum Gasteiger partial charge on any atom is -0.478 e. The first-order chi connectivity index (χ1) is 8.19. The summed E-state index contributed by atoms with van der Waals surface area (Å²) in [5.74, 6) is -1.10. The molecule has 18 heavy (non-hydrogen) atoms. The quantitative estimate of drug-likeness (QED) is 0.751. The van der Waals surface area contributed by atoms with Crippen molar-refractivity contribution < 1.29 is 19.4 Å². The number of carbonyl (C=O) groups excluding carboxylic acids is 1. The monoisotopic (exact) mass is 269 g/mol. The Hall–Kier alpha value is -1.69. The predicted molar refractivity (Wildman–Crippen MR) is 70.4 cm³/mol. The number of carboxylic acids is 1. The third-order valence-corrected chi connectivity index (χ3v) is 2.37. The number of carboxylic acid groups (broad SMARTS) is 1. The molecule has 0 unspecified atom stereocenters. The standard InChI is InChI=1S/C12H15NO4S/c1-12(2,3)17-11(16)13-7-4-5-9(18)8(6-7)10(14)15/h4,6H,5H2,1-3H3,(H,13,16)(H,14,15). The largest absolute Gasteiger partial charge is 0.478 e. The van der Waals surface area contributed by atoms with Gasteiger partial charge in [-0.3, -0.25) is 5.32 Å². The summed E-state index contributed by atoms with van der Waals surface area (Å²) in [6.07, 6.45) is 2.68. The first-order valence-corrected chi connectivity index (χ1v) is 5.78. The van der Waals surface area contributed by atoms with Crippen molar-refractivity contribution in [2.75, 3.05) is 0 Å². The Morgan fingerprint density at radius 2 is 2.06 bits per heavy atom. The fraction of sp³-hybridized carbons (Fsp3) is 0.417. The maximum absolute atomic E-state index is 11.5. The molecule has 98 valence electrons. The highest BCUT2D eigenvalue weighted by molar-refractivity contribution is 7.81. The van der Waals surface area contributed by atoms with Crippen molar-refractivity contribution in [3.8, 4) is 0 Å². The summed E-state index contributed by atoms with van der Waals surface area (Å²) in [6, 6.07) is 0. The molecule has 1 rings (SSSR count). The summed E-state index contributed by atoms with van der Waals surface area (Å²) in [5.41, 5.74) is -0.192. The van der Waals surface area contributed by atoms with Gasteiger partial charge < -0.3 is 9.84 Å². The van der Waals surface area contributed by atoms with Crippen molar-refractivity contribution in [3.05, 3.63) is 23.4 Å². The van der Waals surface area contributed by atoms with Crippen LogP contribution in [0.15, 0.2) is 23.4 Å². The number of hydrogen-bond donors (Lipinski definition) is 2. The molecule has 1 aliphatic carbocycles. The lowest BCUT2D eigenvalue weighted by molar-refractivity contribution is -0.132. The number of rotatable bonds is 2. The molecule has 0 bridgehead atoms. The molecule has 2 N–H and O–H groups in total. The molecular weight excluding hydrogens is 254 g/mol. The number of ether oxygens (including phenoxy) is 1. The van der Waals surface area contributed by atoms with Gasteiger partial charge in [0.15, 0.2) is 0 Å². The van der Waals surface area contributed by atoms with Gasteiger partial charge >= 0.3 is 12.1 Å². The SMILES string of the molecule is CC(C)(C)OC(=O)NC1=CCC(=S)C(C(=O)O)=C1. The van der Waals surface area contributed by atoms with Gasteiger partial charge in [0, 0.05) is 17.0 Å². The Kier molecular flexibility index (Phi) is 4.24. The van der Waals surface area contributed by atoms with Crippen LogP contribution in [0, 0.1) is 0 Å². The summed E-state index contributed by atoms with van der Waals surface area (Å²) in [4.78, 5) is 22.7. The zero-order valence-electron chi connectivity index (χ0n) is 10.4. The van der Waals surface area contributed by atoms with Crippen LogP contribution in [-0.4, -0.2) is 27.6 Å². The van der Waals surface area contributed by atoms with Crippen LogP contribution in [0.4, 0.5) is 4.79 Å². The third-order valence-electron chi connectivity index (χ3n) is 1.98. The van der Waals surface area contributed by atoms with Gasteiger partial charge in [-0.15, -0.1) is 0 Å². The van der Waals surface area contributed by atoms with Gasteiger partial charge in [0.2, 0.25) is 0 Å². The van der Waals surface area contributed by atoms with E-state index in [1.165, 1.54) is 6.08 Å². The van der Waals surface area contributed by atoms with E-state index in [0.717, 1.165) is 0 Å². The van der Waals surface area contributed by atoms with E-state index in [4.69, 9.17) is 22.1 Å². The molecule has 0 radical (unpaired) electrons. The summed E-state index contributed by atoms with van der Waals surface area (Å²) in [7, 11) is 0. The maximum atomic E-state index is 11.5. The Morgan fingerprint density at radius 1 is 1.44 bits per heavy atom. The number of alkyl carbamates (subject to hydrolysis) is 1. The summed E-state index contributed by atoms with van der Waals surface area (Å²) in [5, 5.41) is 11.4. The zero-order chi connectivity index (χ0) is 13.9. The van der Waals surface area contributed by atoms with Gasteiger partial charge in [0.1, 0.15) is 5.60 Å². The molecule has 0 fully saturated rings. The topological polar surface area (TPSA) is 75.6 Å². The van der Waals surface area contributed by atoms with Crippen molar-refractivity contribution >= 4 is 29.1 Å².